The van der Waals surface area contributed by atoms with Crippen molar-refractivity contribution in [3.8, 4) is 0 Å². The minimum atomic E-state index is -0.812. The molecule has 0 radical (unpaired) electrons. The molecule has 2 heteroatoms. The SMILES string of the molecule is Br.CCCC[PH](C)(CCCC)CCCC. The maximum absolute atomic E-state index is 2.65. The quantitative estimate of drug-likeness (QED) is 0.504. The van der Waals surface area contributed by atoms with E-state index in [9.17, 15) is 0 Å². The van der Waals surface area contributed by atoms with Crippen LogP contribution in [0.1, 0.15) is 59.3 Å². The summed E-state index contributed by atoms with van der Waals surface area (Å²) in [7, 11) is -0.812. The standard InChI is InChI=1S/C13H31P.BrH/c1-5-8-11-14(4,12-9-6-2)13-10-7-3;/h14H,5-13H2,1-4H3;1H. The van der Waals surface area contributed by atoms with Gasteiger partial charge in [-0.25, -0.2) is 0 Å². The van der Waals surface area contributed by atoms with Crippen LogP contribution in [0.15, 0.2) is 0 Å². The monoisotopic (exact) mass is 298 g/mol. The van der Waals surface area contributed by atoms with Crippen LogP contribution < -0.4 is 0 Å². The molecule has 0 N–H and O–H groups in total. The first-order chi connectivity index (χ1) is 6.68. The molecule has 96 valence electrons. The first kappa shape index (κ1) is 18.3. The van der Waals surface area contributed by atoms with Crippen LogP contribution in [-0.2, 0) is 0 Å². The normalized spacial score (nSPS) is 12.3. The summed E-state index contributed by atoms with van der Waals surface area (Å²) in [6.45, 7) is 9.63. The molecule has 0 amide bonds. The molecule has 0 nitrogen and oxygen atoms in total. The molecule has 0 fully saturated rings. The molecular formula is C13H32BrP. The van der Waals surface area contributed by atoms with E-state index >= 15 is 0 Å². The zero-order valence-electron chi connectivity index (χ0n) is 11.3. The molecule has 0 aliphatic rings. The minimum absolute atomic E-state index is 0. The Balaban J connectivity index is 0. The van der Waals surface area contributed by atoms with E-state index < -0.39 is 7.26 Å². The van der Waals surface area contributed by atoms with Crippen LogP contribution in [0.3, 0.4) is 0 Å². The van der Waals surface area contributed by atoms with Gasteiger partial charge in [0.2, 0.25) is 0 Å². The molecular weight excluding hydrogens is 267 g/mol. The fourth-order valence-corrected chi connectivity index (χ4v) is 6.56. The van der Waals surface area contributed by atoms with E-state index in [-0.39, 0.29) is 17.0 Å². The van der Waals surface area contributed by atoms with Crippen molar-refractivity contribution in [2.45, 2.75) is 59.3 Å². The Bertz CT molecular complexity index is 104. The summed E-state index contributed by atoms with van der Waals surface area (Å²) in [5.41, 5.74) is 0. The van der Waals surface area contributed by atoms with Gasteiger partial charge in [-0.2, -0.15) is 0 Å². The Kier molecular flexibility index (Phi) is 13.9. The van der Waals surface area contributed by atoms with Gasteiger partial charge < -0.3 is 0 Å². The van der Waals surface area contributed by atoms with E-state index in [2.05, 4.69) is 27.4 Å². The Morgan fingerprint density at radius 3 is 1.13 bits per heavy atom. The molecule has 15 heavy (non-hydrogen) atoms. The van der Waals surface area contributed by atoms with Gasteiger partial charge in [-0.1, -0.05) is 0 Å². The van der Waals surface area contributed by atoms with Crippen molar-refractivity contribution in [3.05, 3.63) is 0 Å². The van der Waals surface area contributed by atoms with Crippen LogP contribution in [0.25, 0.3) is 0 Å². The Hall–Kier alpha value is 0.910. The molecule has 0 aliphatic carbocycles. The van der Waals surface area contributed by atoms with Crippen molar-refractivity contribution < 1.29 is 0 Å². The number of rotatable bonds is 9. The van der Waals surface area contributed by atoms with Crippen molar-refractivity contribution in [2.75, 3.05) is 25.2 Å². The van der Waals surface area contributed by atoms with Gasteiger partial charge in [-0.3, -0.25) is 0 Å². The van der Waals surface area contributed by atoms with Crippen LogP contribution >= 0.6 is 24.2 Å². The van der Waals surface area contributed by atoms with Gasteiger partial charge in [0.1, 0.15) is 0 Å². The average molecular weight is 299 g/mol. The predicted molar refractivity (Wildman–Crippen MR) is 83.9 cm³/mol. The van der Waals surface area contributed by atoms with Crippen molar-refractivity contribution in [3.63, 3.8) is 0 Å². The van der Waals surface area contributed by atoms with Gasteiger partial charge in [0.05, 0.1) is 0 Å². The maximum atomic E-state index is 2.65. The van der Waals surface area contributed by atoms with Crippen molar-refractivity contribution >= 4 is 24.2 Å². The second-order valence-corrected chi connectivity index (χ2v) is 10.2. The van der Waals surface area contributed by atoms with Crippen LogP contribution in [0.5, 0.6) is 0 Å². The molecule has 0 spiro atoms. The summed E-state index contributed by atoms with van der Waals surface area (Å²) in [6, 6.07) is 0. The molecule has 0 atom stereocenters. The number of unbranched alkanes of at least 4 members (excludes halogenated alkanes) is 3. The molecule has 0 aromatic heterocycles. The molecule has 0 saturated heterocycles. The van der Waals surface area contributed by atoms with Gasteiger partial charge in [0.25, 0.3) is 0 Å². The summed E-state index contributed by atoms with van der Waals surface area (Å²) in [6.07, 6.45) is 13.4. The zero-order valence-corrected chi connectivity index (χ0v) is 14.0. The predicted octanol–water partition coefficient (Wildman–Crippen LogP) is 5.34. The van der Waals surface area contributed by atoms with E-state index in [4.69, 9.17) is 0 Å². The summed E-state index contributed by atoms with van der Waals surface area (Å²) in [5.74, 6) is 0. The third-order valence-corrected chi connectivity index (χ3v) is 8.08. The Morgan fingerprint density at radius 1 is 0.667 bits per heavy atom. The molecule has 0 unspecified atom stereocenters. The van der Waals surface area contributed by atoms with Crippen molar-refractivity contribution in [2.24, 2.45) is 0 Å². The number of halogens is 1. The fraction of sp³-hybridized carbons (Fsp3) is 1.00. The second kappa shape index (κ2) is 11.4. The topological polar surface area (TPSA) is 0 Å². The summed E-state index contributed by atoms with van der Waals surface area (Å²) < 4.78 is 0. The van der Waals surface area contributed by atoms with Crippen LogP contribution in [0, 0.1) is 0 Å². The van der Waals surface area contributed by atoms with E-state index in [1.54, 1.807) is 18.5 Å². The van der Waals surface area contributed by atoms with Gasteiger partial charge in [0, 0.05) is 0 Å². The molecule has 0 bridgehead atoms. The summed E-state index contributed by atoms with van der Waals surface area (Å²) >= 11 is 0. The van der Waals surface area contributed by atoms with Crippen LogP contribution in [-0.4, -0.2) is 25.2 Å². The Labute approximate surface area is 109 Å². The number of hydrogen-bond donors (Lipinski definition) is 0. The summed E-state index contributed by atoms with van der Waals surface area (Å²) in [4.78, 5) is 0. The molecule has 0 heterocycles. The van der Waals surface area contributed by atoms with Crippen LogP contribution in [0.4, 0.5) is 0 Å². The zero-order chi connectivity index (χ0) is 10.9. The van der Waals surface area contributed by atoms with Gasteiger partial charge in [0.15, 0.2) is 0 Å². The van der Waals surface area contributed by atoms with Crippen LogP contribution in [0.2, 0.25) is 0 Å². The molecule has 0 aromatic rings. The second-order valence-electron chi connectivity index (χ2n) is 5.12. The fourth-order valence-electron chi connectivity index (χ4n) is 2.19. The van der Waals surface area contributed by atoms with Crippen molar-refractivity contribution in [1.82, 2.24) is 0 Å². The van der Waals surface area contributed by atoms with Gasteiger partial charge in [-0.15, -0.1) is 17.0 Å². The third kappa shape index (κ3) is 9.82. The average Bonchev–Trinajstić information content (AvgIpc) is 2.21. The van der Waals surface area contributed by atoms with Gasteiger partial charge in [-0.05, 0) is 0 Å². The molecule has 0 aromatic carbocycles. The molecule has 0 rings (SSSR count). The Morgan fingerprint density at radius 2 is 0.933 bits per heavy atom. The third-order valence-electron chi connectivity index (χ3n) is 3.40. The first-order valence-electron chi connectivity index (χ1n) is 6.68. The van der Waals surface area contributed by atoms with E-state index in [1.165, 1.54) is 38.5 Å². The first-order valence-corrected chi connectivity index (χ1v) is 9.80. The van der Waals surface area contributed by atoms with E-state index in [0.717, 1.165) is 0 Å². The van der Waals surface area contributed by atoms with E-state index in [0.29, 0.717) is 0 Å². The molecule has 0 aliphatic heterocycles. The van der Waals surface area contributed by atoms with Gasteiger partial charge >= 0.3 is 91.7 Å². The summed E-state index contributed by atoms with van der Waals surface area (Å²) in [5, 5.41) is 0. The van der Waals surface area contributed by atoms with E-state index in [1.807, 2.05) is 0 Å². The number of hydrogen-bond acceptors (Lipinski definition) is 0. The molecule has 0 saturated carbocycles. The van der Waals surface area contributed by atoms with Crippen molar-refractivity contribution in [1.29, 1.82) is 0 Å².